The molecular weight excluding hydrogens is 757 g/mol. The van der Waals surface area contributed by atoms with Gasteiger partial charge in [-0.15, -0.1) is 0 Å². The largest absolute Gasteiger partial charge is 0.472 e. The minimum Gasteiger partial charge on any atom is -0.457 e. The molecule has 12 heteroatoms. The average molecular weight is 843 g/mol. The van der Waals surface area contributed by atoms with E-state index in [-0.39, 0.29) is 50.3 Å². The molecule has 1 aliphatic carbocycles. The molecule has 338 valence electrons. The molecule has 58 heavy (non-hydrogen) atoms. The molecule has 0 aromatic carbocycles. The maximum absolute atomic E-state index is 12.8. The van der Waals surface area contributed by atoms with Crippen LogP contribution < -0.4 is 0 Å². The van der Waals surface area contributed by atoms with Crippen molar-refractivity contribution in [3.05, 3.63) is 36.5 Å². The number of phosphoric ester groups is 1. The van der Waals surface area contributed by atoms with Gasteiger partial charge in [-0.2, -0.15) is 0 Å². The number of phosphoric acid groups is 1. The molecule has 0 spiro atoms. The van der Waals surface area contributed by atoms with Gasteiger partial charge in [-0.3, -0.25) is 13.8 Å². The van der Waals surface area contributed by atoms with Crippen LogP contribution in [0.25, 0.3) is 0 Å². The van der Waals surface area contributed by atoms with Crippen LogP contribution in [0.2, 0.25) is 0 Å². The fourth-order valence-electron chi connectivity index (χ4n) is 7.38. The summed E-state index contributed by atoms with van der Waals surface area (Å²) < 4.78 is 35.1. The van der Waals surface area contributed by atoms with Gasteiger partial charge in [0.15, 0.2) is 0 Å². The standard InChI is InChI=1S/C46H84NO10P/c1-6-8-10-11-12-13-14-15-16-17-18-19-20-21-24-28-35-52-38-41(39-54-58(50,51)53-36-34-47(3,4)5)55-46(49)31-27-23-22-26-30-42-43(45-37-44(42)56-57-45)33-32-40(48)29-25-9-7-2/h15-16,22,26,32-33,40-45,48H,6-14,17-21,23-25,27-31,34-39H2,1-5H3/p+1/b16-15-,26-22-,33-32+. The molecule has 0 amide bonds. The van der Waals surface area contributed by atoms with Crippen molar-refractivity contribution >= 4 is 13.8 Å². The summed E-state index contributed by atoms with van der Waals surface area (Å²) in [6, 6.07) is 0. The molecule has 2 fully saturated rings. The summed E-state index contributed by atoms with van der Waals surface area (Å²) in [5.41, 5.74) is 0. The number of hydrogen-bond donors (Lipinski definition) is 2. The lowest BCUT2D eigenvalue weighted by atomic mass is 9.89. The lowest BCUT2D eigenvalue weighted by molar-refractivity contribution is -0.870. The van der Waals surface area contributed by atoms with Crippen LogP contribution in [-0.2, 0) is 37.7 Å². The Morgan fingerprint density at radius 3 is 2.05 bits per heavy atom. The number of carbonyl (C=O) groups is 1. The molecule has 2 rings (SSSR count). The molecule has 0 radical (unpaired) electrons. The van der Waals surface area contributed by atoms with Crippen molar-refractivity contribution in [2.75, 3.05) is 54.1 Å². The highest BCUT2D eigenvalue weighted by Gasteiger charge is 2.49. The maximum atomic E-state index is 12.8. The normalized spacial score (nSPS) is 21.8. The second-order valence-electron chi connectivity index (χ2n) is 17.5. The summed E-state index contributed by atoms with van der Waals surface area (Å²) in [5.74, 6) is 0.0957. The van der Waals surface area contributed by atoms with Crippen molar-refractivity contribution in [1.82, 2.24) is 0 Å². The number of carbonyl (C=O) groups excluding carboxylic acids is 1. The Hall–Kier alpha value is -1.40. The highest BCUT2D eigenvalue weighted by molar-refractivity contribution is 7.47. The van der Waals surface area contributed by atoms with E-state index in [9.17, 15) is 19.4 Å². The van der Waals surface area contributed by atoms with Gasteiger partial charge in [0.05, 0.1) is 46.6 Å². The SMILES string of the molecule is CCCCCCCC/C=C\CCCCCCCCOCC(COP(=O)(O)OCC[N+](C)(C)C)OC(=O)CCC/C=C\CC1C2CC(OO2)C1/C=C/C(O)CCCCC. The number of aliphatic hydroxyl groups is 1. The Morgan fingerprint density at radius 1 is 0.759 bits per heavy atom. The summed E-state index contributed by atoms with van der Waals surface area (Å²) in [5, 5.41) is 10.4. The molecule has 7 atom stereocenters. The van der Waals surface area contributed by atoms with Gasteiger partial charge >= 0.3 is 13.8 Å². The molecule has 2 N–H and O–H groups in total. The van der Waals surface area contributed by atoms with Gasteiger partial charge in [0, 0.05) is 31.3 Å². The highest BCUT2D eigenvalue weighted by Crippen LogP contribution is 2.45. The zero-order chi connectivity index (χ0) is 42.3. The molecular formula is C46H85NO10P+. The number of allylic oxidation sites excluding steroid dienone is 4. The number of nitrogens with zero attached hydrogens (tertiary/aromatic N) is 1. The lowest BCUT2D eigenvalue weighted by Gasteiger charge is -2.27. The summed E-state index contributed by atoms with van der Waals surface area (Å²) in [4.78, 5) is 34.1. The van der Waals surface area contributed by atoms with Crippen LogP contribution in [-0.4, -0.2) is 99.0 Å². The predicted molar refractivity (Wildman–Crippen MR) is 233 cm³/mol. The van der Waals surface area contributed by atoms with Crippen LogP contribution >= 0.6 is 7.82 Å². The first-order chi connectivity index (χ1) is 27.9. The van der Waals surface area contributed by atoms with E-state index in [0.717, 1.165) is 64.2 Å². The summed E-state index contributed by atoms with van der Waals surface area (Å²) in [6.07, 6.45) is 36.4. The Morgan fingerprint density at radius 2 is 1.36 bits per heavy atom. The van der Waals surface area contributed by atoms with E-state index in [1.807, 2.05) is 27.2 Å². The van der Waals surface area contributed by atoms with Crippen molar-refractivity contribution in [3.63, 3.8) is 0 Å². The highest BCUT2D eigenvalue weighted by atomic mass is 31.2. The van der Waals surface area contributed by atoms with Crippen LogP contribution in [0.3, 0.4) is 0 Å². The van der Waals surface area contributed by atoms with Gasteiger partial charge < -0.3 is 24.0 Å². The molecule has 1 saturated heterocycles. The topological polar surface area (TPSA) is 130 Å². The Bertz CT molecular complexity index is 1170. The third-order valence-corrected chi connectivity index (χ3v) is 12.0. The van der Waals surface area contributed by atoms with Crippen molar-refractivity contribution in [2.24, 2.45) is 11.8 Å². The van der Waals surface area contributed by atoms with E-state index in [0.29, 0.717) is 30.5 Å². The quantitative estimate of drug-likeness (QED) is 0.0155. The number of ether oxygens (including phenoxy) is 2. The molecule has 1 aliphatic heterocycles. The molecule has 2 aliphatic rings. The number of quaternary nitrogens is 1. The maximum Gasteiger partial charge on any atom is 0.472 e. The van der Waals surface area contributed by atoms with Crippen LogP contribution in [0.15, 0.2) is 36.5 Å². The van der Waals surface area contributed by atoms with Crippen molar-refractivity contribution in [2.45, 2.75) is 186 Å². The van der Waals surface area contributed by atoms with E-state index in [2.05, 4.69) is 44.2 Å². The fraction of sp³-hybridized carbons (Fsp3) is 0.848. The Kier molecular flexibility index (Phi) is 29.4. The van der Waals surface area contributed by atoms with Crippen LogP contribution in [0, 0.1) is 11.8 Å². The van der Waals surface area contributed by atoms with Crippen molar-refractivity contribution in [1.29, 1.82) is 0 Å². The number of hydrogen-bond acceptors (Lipinski definition) is 9. The van der Waals surface area contributed by atoms with Crippen molar-refractivity contribution < 1.29 is 52.1 Å². The van der Waals surface area contributed by atoms with E-state index in [1.165, 1.54) is 64.2 Å². The van der Waals surface area contributed by atoms with E-state index >= 15 is 0 Å². The minimum atomic E-state index is -4.33. The van der Waals surface area contributed by atoms with E-state index < -0.39 is 26.0 Å². The molecule has 0 aromatic rings. The average Bonchev–Trinajstić information content (AvgIpc) is 3.78. The molecule has 0 aromatic heterocycles. The second-order valence-corrected chi connectivity index (χ2v) is 19.0. The number of fused-ring (bicyclic) bond motifs is 2. The van der Waals surface area contributed by atoms with Gasteiger partial charge in [-0.1, -0.05) is 127 Å². The second kappa shape index (κ2) is 32.3. The summed E-state index contributed by atoms with van der Waals surface area (Å²) in [6.45, 7) is 5.32. The van der Waals surface area contributed by atoms with Crippen LogP contribution in [0.1, 0.15) is 162 Å². The molecule has 11 nitrogen and oxygen atoms in total. The molecule has 7 unspecified atom stereocenters. The number of rotatable bonds is 38. The van der Waals surface area contributed by atoms with E-state index in [1.54, 1.807) is 0 Å². The third-order valence-electron chi connectivity index (χ3n) is 11.0. The number of likely N-dealkylation sites (N-methyl/N-ethyl adjacent to an activating group) is 1. The number of unbranched alkanes of at least 4 members (excludes halogenated alkanes) is 15. The Balaban J connectivity index is 1.69. The first-order valence-electron chi connectivity index (χ1n) is 23.1. The summed E-state index contributed by atoms with van der Waals surface area (Å²) in [7, 11) is 1.57. The molecule has 1 saturated carbocycles. The third kappa shape index (κ3) is 26.7. The molecule has 1 heterocycles. The van der Waals surface area contributed by atoms with Gasteiger partial charge in [0.2, 0.25) is 0 Å². The molecule has 2 bridgehead atoms. The van der Waals surface area contributed by atoms with Crippen LogP contribution in [0.5, 0.6) is 0 Å². The van der Waals surface area contributed by atoms with Crippen molar-refractivity contribution in [3.8, 4) is 0 Å². The Labute approximate surface area is 353 Å². The fourth-order valence-corrected chi connectivity index (χ4v) is 8.12. The van der Waals surface area contributed by atoms with E-state index in [4.69, 9.17) is 28.3 Å². The van der Waals surface area contributed by atoms with Gasteiger partial charge in [0.1, 0.15) is 25.4 Å². The first kappa shape index (κ1) is 52.7. The smallest absolute Gasteiger partial charge is 0.457 e. The zero-order valence-corrected chi connectivity index (χ0v) is 38.2. The zero-order valence-electron chi connectivity index (χ0n) is 37.3. The number of esters is 1. The number of aliphatic hydroxyl groups excluding tert-OH is 1. The minimum absolute atomic E-state index is 0.0270. The van der Waals surface area contributed by atoms with Gasteiger partial charge in [0.25, 0.3) is 0 Å². The lowest BCUT2D eigenvalue weighted by Crippen LogP contribution is -2.37. The monoisotopic (exact) mass is 843 g/mol. The van der Waals surface area contributed by atoms with Gasteiger partial charge in [-0.05, 0) is 57.8 Å². The summed E-state index contributed by atoms with van der Waals surface area (Å²) >= 11 is 0. The first-order valence-corrected chi connectivity index (χ1v) is 24.6. The predicted octanol–water partition coefficient (Wildman–Crippen LogP) is 10.7. The van der Waals surface area contributed by atoms with Gasteiger partial charge in [-0.25, -0.2) is 14.3 Å². The van der Waals surface area contributed by atoms with Crippen LogP contribution in [0.4, 0.5) is 0 Å².